The largest absolute Gasteiger partial charge is 0.356 e. The number of hydrogen-bond acceptors (Lipinski definition) is 3. The van der Waals surface area contributed by atoms with Crippen molar-refractivity contribution in [2.75, 3.05) is 12.3 Å². The second-order valence-electron chi connectivity index (χ2n) is 5.94. The van der Waals surface area contributed by atoms with Crippen molar-refractivity contribution in [3.05, 3.63) is 35.9 Å². The topological polar surface area (TPSA) is 89.3 Å². The number of carbonyl (C=O) groups excluding carboxylic acids is 1. The molecule has 1 unspecified atom stereocenters. The maximum absolute atomic E-state index is 12.6. The SMILES string of the molecule is NS(=O)(=O)CCCNC(=O)C(c1ccccc1)C1CCCC1. The van der Waals surface area contributed by atoms with E-state index in [4.69, 9.17) is 5.14 Å². The molecule has 0 aromatic heterocycles. The van der Waals surface area contributed by atoms with Gasteiger partial charge >= 0.3 is 0 Å². The van der Waals surface area contributed by atoms with Crippen LogP contribution in [0.4, 0.5) is 0 Å². The maximum Gasteiger partial charge on any atom is 0.227 e. The first kappa shape index (κ1) is 17.0. The quantitative estimate of drug-likeness (QED) is 0.749. The Kier molecular flexibility index (Phi) is 5.97. The number of amides is 1. The fourth-order valence-corrected chi connectivity index (χ4v) is 3.73. The number of nitrogens with two attached hydrogens (primary N) is 1. The molecular formula is C16H24N2O3S. The molecule has 1 aliphatic rings. The van der Waals surface area contributed by atoms with Gasteiger partial charge in [0.25, 0.3) is 0 Å². The summed E-state index contributed by atoms with van der Waals surface area (Å²) in [4.78, 5) is 12.6. The highest BCUT2D eigenvalue weighted by molar-refractivity contribution is 7.89. The van der Waals surface area contributed by atoms with Gasteiger partial charge in [-0.25, -0.2) is 13.6 Å². The van der Waals surface area contributed by atoms with Crippen molar-refractivity contribution < 1.29 is 13.2 Å². The van der Waals surface area contributed by atoms with E-state index in [1.54, 1.807) is 0 Å². The van der Waals surface area contributed by atoms with Gasteiger partial charge in [0.1, 0.15) is 0 Å². The third kappa shape index (κ3) is 5.10. The average molecular weight is 324 g/mol. The smallest absolute Gasteiger partial charge is 0.227 e. The van der Waals surface area contributed by atoms with Gasteiger partial charge < -0.3 is 5.32 Å². The second-order valence-corrected chi connectivity index (χ2v) is 7.68. The van der Waals surface area contributed by atoms with Crippen molar-refractivity contribution >= 4 is 15.9 Å². The molecule has 22 heavy (non-hydrogen) atoms. The molecule has 1 fully saturated rings. The molecule has 0 saturated heterocycles. The number of rotatable bonds is 7. The van der Waals surface area contributed by atoms with Gasteiger partial charge in [0.15, 0.2) is 0 Å². The number of benzene rings is 1. The molecule has 6 heteroatoms. The number of hydrogen-bond donors (Lipinski definition) is 2. The standard InChI is InChI=1S/C16H24N2O3S/c17-22(20,21)12-6-11-18-16(19)15(14-9-4-5-10-14)13-7-2-1-3-8-13/h1-3,7-8,14-15H,4-6,9-12H2,(H,18,19)(H2,17,20,21). The van der Waals surface area contributed by atoms with Crippen LogP contribution in [0.2, 0.25) is 0 Å². The van der Waals surface area contributed by atoms with Crippen molar-refractivity contribution in [1.29, 1.82) is 0 Å². The van der Waals surface area contributed by atoms with Gasteiger partial charge in [-0.05, 0) is 30.7 Å². The van der Waals surface area contributed by atoms with E-state index in [0.717, 1.165) is 18.4 Å². The summed E-state index contributed by atoms with van der Waals surface area (Å²) in [5.74, 6) is 0.124. The zero-order valence-corrected chi connectivity index (χ0v) is 13.5. The van der Waals surface area contributed by atoms with E-state index < -0.39 is 10.0 Å². The Morgan fingerprint density at radius 2 is 1.86 bits per heavy atom. The van der Waals surface area contributed by atoms with Crippen molar-refractivity contribution in [3.63, 3.8) is 0 Å². The lowest BCUT2D eigenvalue weighted by Crippen LogP contribution is -2.34. The normalized spacial score (nSPS) is 17.3. The highest BCUT2D eigenvalue weighted by atomic mass is 32.2. The molecule has 1 atom stereocenters. The molecule has 0 spiro atoms. The second kappa shape index (κ2) is 7.74. The minimum atomic E-state index is -3.46. The molecule has 2 rings (SSSR count). The lowest BCUT2D eigenvalue weighted by Gasteiger charge is -2.23. The van der Waals surface area contributed by atoms with Crippen LogP contribution >= 0.6 is 0 Å². The molecule has 0 bridgehead atoms. The zero-order valence-electron chi connectivity index (χ0n) is 12.7. The van der Waals surface area contributed by atoms with Crippen LogP contribution < -0.4 is 10.5 Å². The van der Waals surface area contributed by atoms with E-state index in [1.807, 2.05) is 30.3 Å². The number of primary sulfonamides is 1. The fourth-order valence-electron chi connectivity index (χ4n) is 3.18. The van der Waals surface area contributed by atoms with Crippen LogP contribution in [0.15, 0.2) is 30.3 Å². The summed E-state index contributed by atoms with van der Waals surface area (Å²) in [5.41, 5.74) is 1.04. The third-order valence-corrected chi connectivity index (χ3v) is 5.07. The Morgan fingerprint density at radius 3 is 2.45 bits per heavy atom. The summed E-state index contributed by atoms with van der Waals surface area (Å²) >= 11 is 0. The average Bonchev–Trinajstić information content (AvgIpc) is 2.98. The molecule has 0 aliphatic heterocycles. The monoisotopic (exact) mass is 324 g/mol. The van der Waals surface area contributed by atoms with Gasteiger partial charge in [-0.15, -0.1) is 0 Å². The number of carbonyl (C=O) groups is 1. The molecule has 3 N–H and O–H groups in total. The van der Waals surface area contributed by atoms with E-state index in [-0.39, 0.29) is 17.6 Å². The first-order valence-electron chi connectivity index (χ1n) is 7.80. The van der Waals surface area contributed by atoms with Crippen LogP contribution in [0.3, 0.4) is 0 Å². The molecule has 122 valence electrons. The summed E-state index contributed by atoms with van der Waals surface area (Å²) in [5, 5.41) is 7.83. The molecule has 1 aromatic rings. The first-order chi connectivity index (χ1) is 10.5. The molecule has 1 aromatic carbocycles. The summed E-state index contributed by atoms with van der Waals surface area (Å²) in [7, 11) is -3.46. The Hall–Kier alpha value is -1.40. The van der Waals surface area contributed by atoms with Crippen molar-refractivity contribution in [2.45, 2.75) is 38.0 Å². The minimum absolute atomic E-state index is 0.00693. The van der Waals surface area contributed by atoms with Crippen molar-refractivity contribution in [3.8, 4) is 0 Å². The number of sulfonamides is 1. The van der Waals surface area contributed by atoms with Crippen LogP contribution in [-0.2, 0) is 14.8 Å². The molecule has 0 radical (unpaired) electrons. The van der Waals surface area contributed by atoms with Gasteiger partial charge in [0, 0.05) is 6.54 Å². The van der Waals surface area contributed by atoms with Crippen LogP contribution in [0, 0.1) is 5.92 Å². The van der Waals surface area contributed by atoms with Crippen molar-refractivity contribution in [2.24, 2.45) is 11.1 Å². The maximum atomic E-state index is 12.6. The van der Waals surface area contributed by atoms with Gasteiger partial charge in [0.05, 0.1) is 11.7 Å². The van der Waals surface area contributed by atoms with Crippen LogP contribution in [0.25, 0.3) is 0 Å². The summed E-state index contributed by atoms with van der Waals surface area (Å²) < 4.78 is 21.8. The fraction of sp³-hybridized carbons (Fsp3) is 0.562. The predicted octanol–water partition coefficient (Wildman–Crippen LogP) is 1.76. The summed E-state index contributed by atoms with van der Waals surface area (Å²) in [6.45, 7) is 0.339. The van der Waals surface area contributed by atoms with Gasteiger partial charge in [0.2, 0.25) is 15.9 Å². The van der Waals surface area contributed by atoms with Crippen LogP contribution in [0.5, 0.6) is 0 Å². The minimum Gasteiger partial charge on any atom is -0.356 e. The zero-order chi connectivity index (χ0) is 16.0. The van der Waals surface area contributed by atoms with E-state index >= 15 is 0 Å². The highest BCUT2D eigenvalue weighted by Gasteiger charge is 2.31. The molecule has 1 amide bonds. The molecular weight excluding hydrogens is 300 g/mol. The summed E-state index contributed by atoms with van der Waals surface area (Å²) in [6, 6.07) is 9.83. The van der Waals surface area contributed by atoms with E-state index in [0.29, 0.717) is 18.9 Å². The van der Waals surface area contributed by atoms with Crippen LogP contribution in [-0.4, -0.2) is 26.6 Å². The molecule has 1 aliphatic carbocycles. The molecule has 5 nitrogen and oxygen atoms in total. The van der Waals surface area contributed by atoms with E-state index in [2.05, 4.69) is 5.32 Å². The lowest BCUT2D eigenvalue weighted by atomic mass is 9.84. The Balaban J connectivity index is 1.97. The predicted molar refractivity (Wildman–Crippen MR) is 86.7 cm³/mol. The van der Waals surface area contributed by atoms with Gasteiger partial charge in [-0.2, -0.15) is 0 Å². The Morgan fingerprint density at radius 1 is 1.23 bits per heavy atom. The molecule has 0 heterocycles. The van der Waals surface area contributed by atoms with E-state index in [9.17, 15) is 13.2 Å². The molecule has 1 saturated carbocycles. The highest BCUT2D eigenvalue weighted by Crippen LogP contribution is 2.37. The first-order valence-corrected chi connectivity index (χ1v) is 9.52. The van der Waals surface area contributed by atoms with Gasteiger partial charge in [-0.3, -0.25) is 4.79 Å². The van der Waals surface area contributed by atoms with Crippen LogP contribution in [0.1, 0.15) is 43.6 Å². The van der Waals surface area contributed by atoms with Crippen molar-refractivity contribution in [1.82, 2.24) is 5.32 Å². The third-order valence-electron chi connectivity index (χ3n) is 4.22. The summed E-state index contributed by atoms with van der Waals surface area (Å²) in [6.07, 6.45) is 4.84. The van der Waals surface area contributed by atoms with E-state index in [1.165, 1.54) is 12.8 Å². The van der Waals surface area contributed by atoms with Gasteiger partial charge in [-0.1, -0.05) is 43.2 Å². The Labute approximate surface area is 132 Å². The number of nitrogens with one attached hydrogen (secondary N) is 1. The Bertz CT molecular complexity index is 581. The lowest BCUT2D eigenvalue weighted by molar-refractivity contribution is -0.123.